The molecular formula is C26H37N9O2. The number of nitrogens with one attached hydrogen (secondary N) is 1. The Kier molecular flexibility index (Phi) is 8.06. The first-order valence-electron chi connectivity index (χ1n) is 13.1. The topological polar surface area (TPSA) is 117 Å². The number of rotatable bonds is 8. The standard InChI is InChI=1S/C26H37N9O2/c1-19(37)22-15-21-17-28-26(31-24(21)25(29-22)35-11-5-32(2)6-12-35)30-23-4-3-20(16-27-23)18-34-9-7-33(8-10-34)13-14-36/h3-4,15-17,19,36-37H,5-14,18H2,1-2H3,(H,27,28,30,31). The summed E-state index contributed by atoms with van der Waals surface area (Å²) >= 11 is 0. The first-order chi connectivity index (χ1) is 18.0. The van der Waals surface area contributed by atoms with Gasteiger partial charge < -0.3 is 25.3 Å². The van der Waals surface area contributed by atoms with Crippen molar-refractivity contribution < 1.29 is 10.2 Å². The number of pyridine rings is 2. The molecule has 5 rings (SSSR count). The minimum atomic E-state index is -0.666. The van der Waals surface area contributed by atoms with E-state index in [2.05, 4.69) is 48.0 Å². The minimum absolute atomic E-state index is 0.218. The van der Waals surface area contributed by atoms with E-state index in [0.717, 1.165) is 87.7 Å². The predicted octanol–water partition coefficient (Wildman–Crippen LogP) is 1.08. The van der Waals surface area contributed by atoms with E-state index in [1.54, 1.807) is 13.1 Å². The molecule has 3 N–H and O–H groups in total. The number of piperazine rings is 2. The molecule has 0 aliphatic carbocycles. The number of anilines is 3. The number of hydrogen-bond donors (Lipinski definition) is 3. The lowest BCUT2D eigenvalue weighted by atomic mass is 10.2. The lowest BCUT2D eigenvalue weighted by molar-refractivity contribution is 0.108. The summed E-state index contributed by atoms with van der Waals surface area (Å²) < 4.78 is 0. The maximum absolute atomic E-state index is 10.2. The van der Waals surface area contributed by atoms with Crippen LogP contribution in [-0.4, -0.2) is 117 Å². The van der Waals surface area contributed by atoms with Crippen LogP contribution in [0.15, 0.2) is 30.6 Å². The second-order valence-electron chi connectivity index (χ2n) is 9.99. The van der Waals surface area contributed by atoms with E-state index >= 15 is 0 Å². The molecule has 3 aromatic heterocycles. The van der Waals surface area contributed by atoms with Crippen molar-refractivity contribution in [2.75, 3.05) is 82.8 Å². The van der Waals surface area contributed by atoms with Gasteiger partial charge in [0.2, 0.25) is 5.95 Å². The molecule has 0 radical (unpaired) electrons. The third-order valence-corrected chi connectivity index (χ3v) is 7.15. The highest BCUT2D eigenvalue weighted by Gasteiger charge is 2.21. The fourth-order valence-electron chi connectivity index (χ4n) is 4.83. The monoisotopic (exact) mass is 507 g/mol. The van der Waals surface area contributed by atoms with Crippen LogP contribution in [0, 0.1) is 0 Å². The van der Waals surface area contributed by atoms with Gasteiger partial charge in [0, 0.05) is 83.2 Å². The van der Waals surface area contributed by atoms with Crippen molar-refractivity contribution in [2.24, 2.45) is 0 Å². The molecule has 2 aliphatic rings. The van der Waals surface area contributed by atoms with Crippen LogP contribution in [0.5, 0.6) is 0 Å². The van der Waals surface area contributed by atoms with E-state index < -0.39 is 6.10 Å². The summed E-state index contributed by atoms with van der Waals surface area (Å²) in [5, 5.41) is 23.4. The normalized spacial score (nSPS) is 18.9. The zero-order valence-electron chi connectivity index (χ0n) is 21.7. The summed E-state index contributed by atoms with van der Waals surface area (Å²) in [6.45, 7) is 11.1. The number of hydrogen-bond acceptors (Lipinski definition) is 11. The number of β-amino-alcohol motifs (C(OH)–C–C–N with tert-alkyl or cyclic N) is 1. The summed E-state index contributed by atoms with van der Waals surface area (Å²) in [4.78, 5) is 27.9. The van der Waals surface area contributed by atoms with Gasteiger partial charge in [0.1, 0.15) is 11.3 Å². The van der Waals surface area contributed by atoms with Crippen LogP contribution in [0.25, 0.3) is 10.9 Å². The van der Waals surface area contributed by atoms with E-state index in [1.165, 1.54) is 0 Å². The highest BCUT2D eigenvalue weighted by molar-refractivity contribution is 5.89. The fourth-order valence-corrected chi connectivity index (χ4v) is 4.83. The van der Waals surface area contributed by atoms with Gasteiger partial charge in [-0.25, -0.2) is 19.9 Å². The minimum Gasteiger partial charge on any atom is -0.395 e. The molecule has 0 spiro atoms. The van der Waals surface area contributed by atoms with Gasteiger partial charge in [-0.05, 0) is 31.7 Å². The van der Waals surface area contributed by atoms with Crippen molar-refractivity contribution in [1.82, 2.24) is 34.6 Å². The van der Waals surface area contributed by atoms with Crippen LogP contribution >= 0.6 is 0 Å². The van der Waals surface area contributed by atoms with Gasteiger partial charge in [-0.2, -0.15) is 0 Å². The van der Waals surface area contributed by atoms with Gasteiger partial charge in [0.05, 0.1) is 18.4 Å². The molecule has 37 heavy (non-hydrogen) atoms. The zero-order chi connectivity index (χ0) is 25.8. The Balaban J connectivity index is 1.29. The first kappa shape index (κ1) is 25.7. The van der Waals surface area contributed by atoms with Crippen molar-refractivity contribution >= 4 is 28.5 Å². The Labute approximate surface area is 217 Å². The average Bonchev–Trinajstić information content (AvgIpc) is 2.91. The third kappa shape index (κ3) is 6.31. The largest absolute Gasteiger partial charge is 0.395 e. The summed E-state index contributed by atoms with van der Waals surface area (Å²) in [7, 11) is 2.12. The average molecular weight is 508 g/mol. The molecule has 2 fully saturated rings. The number of fused-ring (bicyclic) bond motifs is 1. The molecule has 11 heteroatoms. The highest BCUT2D eigenvalue weighted by atomic mass is 16.3. The zero-order valence-corrected chi connectivity index (χ0v) is 21.7. The highest BCUT2D eigenvalue weighted by Crippen LogP contribution is 2.28. The van der Waals surface area contributed by atoms with Crippen LogP contribution in [0.4, 0.5) is 17.6 Å². The fraction of sp³-hybridized carbons (Fsp3) is 0.538. The molecule has 2 aliphatic heterocycles. The number of aromatic nitrogens is 4. The molecule has 2 saturated heterocycles. The molecule has 0 amide bonds. The molecule has 11 nitrogen and oxygen atoms in total. The van der Waals surface area contributed by atoms with E-state index in [4.69, 9.17) is 15.1 Å². The van der Waals surface area contributed by atoms with Crippen LogP contribution in [0.1, 0.15) is 24.3 Å². The Morgan fingerprint density at radius 2 is 1.70 bits per heavy atom. The Hall–Kier alpha value is -2.96. The van der Waals surface area contributed by atoms with Crippen LogP contribution in [-0.2, 0) is 6.54 Å². The quantitative estimate of drug-likeness (QED) is 0.407. The maximum Gasteiger partial charge on any atom is 0.229 e. The summed E-state index contributed by atoms with van der Waals surface area (Å²) in [5.41, 5.74) is 2.55. The smallest absolute Gasteiger partial charge is 0.229 e. The first-order valence-corrected chi connectivity index (χ1v) is 13.1. The Morgan fingerprint density at radius 1 is 0.946 bits per heavy atom. The van der Waals surface area contributed by atoms with Crippen molar-refractivity contribution in [2.45, 2.75) is 19.6 Å². The number of likely N-dealkylation sites (N-methyl/N-ethyl adjacent to an activating group) is 1. The molecule has 0 saturated carbocycles. The van der Waals surface area contributed by atoms with Crippen LogP contribution in [0.3, 0.4) is 0 Å². The number of nitrogens with zero attached hydrogens (tertiary/aromatic N) is 8. The molecule has 3 aromatic rings. The van der Waals surface area contributed by atoms with Gasteiger partial charge in [-0.3, -0.25) is 9.80 Å². The molecule has 0 bridgehead atoms. The van der Waals surface area contributed by atoms with E-state index in [1.807, 2.05) is 18.3 Å². The van der Waals surface area contributed by atoms with Crippen LogP contribution < -0.4 is 10.2 Å². The molecule has 1 unspecified atom stereocenters. The van der Waals surface area contributed by atoms with Crippen molar-refractivity contribution in [3.05, 3.63) is 41.9 Å². The predicted molar refractivity (Wildman–Crippen MR) is 144 cm³/mol. The van der Waals surface area contributed by atoms with E-state index in [0.29, 0.717) is 17.5 Å². The second kappa shape index (κ2) is 11.6. The maximum atomic E-state index is 10.2. The lowest BCUT2D eigenvalue weighted by Gasteiger charge is -2.34. The van der Waals surface area contributed by atoms with Crippen LogP contribution in [0.2, 0.25) is 0 Å². The third-order valence-electron chi connectivity index (χ3n) is 7.15. The molecular weight excluding hydrogens is 470 g/mol. The van der Waals surface area contributed by atoms with Gasteiger partial charge in [0.15, 0.2) is 5.82 Å². The summed E-state index contributed by atoms with van der Waals surface area (Å²) in [6.07, 6.45) is 3.01. The molecule has 5 heterocycles. The van der Waals surface area contributed by atoms with Crippen molar-refractivity contribution in [3.8, 4) is 0 Å². The summed E-state index contributed by atoms with van der Waals surface area (Å²) in [6, 6.07) is 5.91. The Bertz CT molecular complexity index is 1170. The van der Waals surface area contributed by atoms with E-state index in [-0.39, 0.29) is 6.61 Å². The van der Waals surface area contributed by atoms with E-state index in [9.17, 15) is 5.11 Å². The number of aliphatic hydroxyl groups is 2. The molecule has 1 atom stereocenters. The summed E-state index contributed by atoms with van der Waals surface area (Å²) in [5.74, 6) is 1.94. The molecule has 198 valence electrons. The Morgan fingerprint density at radius 3 is 2.38 bits per heavy atom. The molecule has 0 aromatic carbocycles. The lowest BCUT2D eigenvalue weighted by Crippen LogP contribution is -2.46. The van der Waals surface area contributed by atoms with Gasteiger partial charge >= 0.3 is 0 Å². The van der Waals surface area contributed by atoms with Gasteiger partial charge in [0.25, 0.3) is 0 Å². The van der Waals surface area contributed by atoms with Crippen molar-refractivity contribution in [1.29, 1.82) is 0 Å². The van der Waals surface area contributed by atoms with Gasteiger partial charge in [-0.15, -0.1) is 0 Å². The van der Waals surface area contributed by atoms with Crippen molar-refractivity contribution in [3.63, 3.8) is 0 Å². The van der Waals surface area contributed by atoms with Gasteiger partial charge in [-0.1, -0.05) is 6.07 Å². The number of aliphatic hydroxyl groups excluding tert-OH is 2. The SMILES string of the molecule is CC(O)c1cc2cnc(Nc3ccc(CN4CCN(CCO)CC4)cn3)nc2c(N2CCN(C)CC2)n1. The second-order valence-corrected chi connectivity index (χ2v) is 9.99.